The summed E-state index contributed by atoms with van der Waals surface area (Å²) in [6, 6.07) is 1.60. The number of nitrogens with one attached hydrogen (secondary N) is 1. The fourth-order valence-electron chi connectivity index (χ4n) is 2.33. The molecule has 0 radical (unpaired) electrons. The van der Waals surface area contributed by atoms with Gasteiger partial charge in [-0.25, -0.2) is 0 Å². The zero-order chi connectivity index (χ0) is 9.47. The highest BCUT2D eigenvalue weighted by atomic mass is 15.2. The number of hydrogen-bond donors (Lipinski definition) is 1. The van der Waals surface area contributed by atoms with Gasteiger partial charge in [-0.15, -0.1) is 0 Å². The molecule has 2 heteroatoms. The third-order valence-electron chi connectivity index (χ3n) is 3.78. The quantitative estimate of drug-likeness (QED) is 0.711. The van der Waals surface area contributed by atoms with Gasteiger partial charge in [-0.3, -0.25) is 0 Å². The van der Waals surface area contributed by atoms with Crippen LogP contribution in [-0.4, -0.2) is 37.1 Å². The van der Waals surface area contributed by atoms with Crippen LogP contribution in [0.15, 0.2) is 0 Å². The molecule has 0 aromatic rings. The predicted octanol–water partition coefficient (Wildman–Crippen LogP) is 1.47. The van der Waals surface area contributed by atoms with Crippen LogP contribution < -0.4 is 5.32 Å². The summed E-state index contributed by atoms with van der Waals surface area (Å²) in [6.45, 7) is 7.19. The zero-order valence-corrected chi connectivity index (χ0v) is 9.14. The third kappa shape index (κ3) is 2.05. The minimum atomic E-state index is 0.581. The van der Waals surface area contributed by atoms with Gasteiger partial charge in [-0.2, -0.15) is 0 Å². The lowest BCUT2D eigenvalue weighted by Gasteiger charge is -2.20. The van der Waals surface area contributed by atoms with Gasteiger partial charge >= 0.3 is 0 Å². The molecule has 1 saturated carbocycles. The van der Waals surface area contributed by atoms with E-state index in [-0.39, 0.29) is 0 Å². The van der Waals surface area contributed by atoms with Gasteiger partial charge in [-0.1, -0.05) is 13.8 Å². The summed E-state index contributed by atoms with van der Waals surface area (Å²) in [5.74, 6) is 0. The second-order valence-electron chi connectivity index (χ2n) is 5.43. The van der Waals surface area contributed by atoms with E-state index in [1.165, 1.54) is 32.4 Å². The number of rotatable bonds is 3. The van der Waals surface area contributed by atoms with Gasteiger partial charge < -0.3 is 10.2 Å². The first-order chi connectivity index (χ1) is 6.09. The van der Waals surface area contributed by atoms with Crippen molar-refractivity contribution in [2.75, 3.05) is 20.1 Å². The summed E-state index contributed by atoms with van der Waals surface area (Å²) in [5, 5.41) is 3.68. The second-order valence-corrected chi connectivity index (χ2v) is 5.43. The molecule has 0 bridgehead atoms. The van der Waals surface area contributed by atoms with E-state index in [2.05, 4.69) is 31.1 Å². The molecule has 0 aromatic heterocycles. The Morgan fingerprint density at radius 1 is 1.46 bits per heavy atom. The minimum Gasteiger partial charge on any atom is -0.312 e. The summed E-state index contributed by atoms with van der Waals surface area (Å²) in [5.41, 5.74) is 0.581. The normalized spacial score (nSPS) is 38.1. The monoisotopic (exact) mass is 182 g/mol. The van der Waals surface area contributed by atoms with Gasteiger partial charge in [0.15, 0.2) is 0 Å². The van der Waals surface area contributed by atoms with Crippen LogP contribution in [0.2, 0.25) is 0 Å². The molecule has 0 spiro atoms. The lowest BCUT2D eigenvalue weighted by Crippen LogP contribution is -2.37. The van der Waals surface area contributed by atoms with E-state index >= 15 is 0 Å². The molecule has 2 aliphatic rings. The van der Waals surface area contributed by atoms with E-state index in [1.54, 1.807) is 0 Å². The summed E-state index contributed by atoms with van der Waals surface area (Å²) in [7, 11) is 2.25. The zero-order valence-electron chi connectivity index (χ0n) is 9.14. The lowest BCUT2D eigenvalue weighted by molar-refractivity contribution is 0.296. The Bertz CT molecular complexity index is 189. The van der Waals surface area contributed by atoms with Crippen LogP contribution in [0.25, 0.3) is 0 Å². The van der Waals surface area contributed by atoms with Crippen molar-refractivity contribution in [1.82, 2.24) is 10.2 Å². The molecule has 2 rings (SSSR count). The Morgan fingerprint density at radius 2 is 2.15 bits per heavy atom. The van der Waals surface area contributed by atoms with Gasteiger partial charge in [0.2, 0.25) is 0 Å². The second kappa shape index (κ2) is 3.25. The maximum atomic E-state index is 3.68. The van der Waals surface area contributed by atoms with E-state index in [4.69, 9.17) is 0 Å². The molecule has 2 unspecified atom stereocenters. The fraction of sp³-hybridized carbons (Fsp3) is 1.00. The highest BCUT2D eigenvalue weighted by Gasteiger charge is 2.45. The molecule has 1 saturated heterocycles. The van der Waals surface area contributed by atoms with E-state index in [9.17, 15) is 0 Å². The first-order valence-electron chi connectivity index (χ1n) is 5.53. The predicted molar refractivity (Wildman–Crippen MR) is 55.8 cm³/mol. The van der Waals surface area contributed by atoms with Crippen LogP contribution in [0, 0.1) is 5.41 Å². The van der Waals surface area contributed by atoms with E-state index in [1.807, 2.05) is 0 Å². The highest BCUT2D eigenvalue weighted by Crippen LogP contribution is 2.44. The molecule has 2 atom stereocenters. The summed E-state index contributed by atoms with van der Waals surface area (Å²) in [4.78, 5) is 2.49. The van der Waals surface area contributed by atoms with Crippen LogP contribution in [-0.2, 0) is 0 Å². The maximum absolute atomic E-state index is 3.68. The molecule has 76 valence electrons. The Balaban J connectivity index is 1.68. The van der Waals surface area contributed by atoms with Crippen molar-refractivity contribution < 1.29 is 0 Å². The summed E-state index contributed by atoms with van der Waals surface area (Å²) >= 11 is 0. The number of likely N-dealkylation sites (tertiary alicyclic amines) is 1. The molecular formula is C11H22N2. The summed E-state index contributed by atoms with van der Waals surface area (Å²) in [6.07, 6.45) is 4.14. The largest absolute Gasteiger partial charge is 0.312 e. The average molecular weight is 182 g/mol. The number of likely N-dealkylation sites (N-methyl/N-ethyl adjacent to an activating group) is 1. The molecule has 2 nitrogen and oxygen atoms in total. The van der Waals surface area contributed by atoms with Crippen molar-refractivity contribution in [2.45, 2.75) is 45.2 Å². The topological polar surface area (TPSA) is 15.3 Å². The Morgan fingerprint density at radius 3 is 2.62 bits per heavy atom. The fourth-order valence-corrected chi connectivity index (χ4v) is 2.33. The van der Waals surface area contributed by atoms with Crippen LogP contribution in [0.4, 0.5) is 0 Å². The molecule has 0 aromatic carbocycles. The van der Waals surface area contributed by atoms with Crippen LogP contribution >= 0.6 is 0 Å². The van der Waals surface area contributed by atoms with Crippen molar-refractivity contribution in [3.8, 4) is 0 Å². The van der Waals surface area contributed by atoms with Crippen LogP contribution in [0.5, 0.6) is 0 Å². The molecular weight excluding hydrogens is 160 g/mol. The summed E-state index contributed by atoms with van der Waals surface area (Å²) < 4.78 is 0. The smallest absolute Gasteiger partial charge is 0.0218 e. The average Bonchev–Trinajstić information content (AvgIpc) is 2.47. The van der Waals surface area contributed by atoms with Gasteiger partial charge in [0, 0.05) is 18.6 Å². The standard InChI is InChI=1S/C11H22N2/c1-11(2)7-10(11)12-8-9-5-4-6-13(9)3/h9-10,12H,4-8H2,1-3H3. The lowest BCUT2D eigenvalue weighted by atomic mass is 10.2. The van der Waals surface area contributed by atoms with E-state index in [0.717, 1.165) is 12.1 Å². The van der Waals surface area contributed by atoms with Gasteiger partial charge in [0.05, 0.1) is 0 Å². The van der Waals surface area contributed by atoms with Gasteiger partial charge in [0.1, 0.15) is 0 Å². The van der Waals surface area contributed by atoms with Crippen molar-refractivity contribution in [3.63, 3.8) is 0 Å². The van der Waals surface area contributed by atoms with E-state index < -0.39 is 0 Å². The van der Waals surface area contributed by atoms with Crippen molar-refractivity contribution in [1.29, 1.82) is 0 Å². The molecule has 1 aliphatic heterocycles. The van der Waals surface area contributed by atoms with Crippen molar-refractivity contribution in [2.24, 2.45) is 5.41 Å². The van der Waals surface area contributed by atoms with Gasteiger partial charge in [0.25, 0.3) is 0 Å². The van der Waals surface area contributed by atoms with Crippen LogP contribution in [0.1, 0.15) is 33.1 Å². The van der Waals surface area contributed by atoms with Crippen LogP contribution in [0.3, 0.4) is 0 Å². The molecule has 0 amide bonds. The molecule has 1 aliphatic carbocycles. The molecule has 1 N–H and O–H groups in total. The van der Waals surface area contributed by atoms with Gasteiger partial charge in [-0.05, 0) is 38.3 Å². The Labute approximate surface area is 81.7 Å². The SMILES string of the molecule is CN1CCCC1CNC1CC1(C)C. The number of hydrogen-bond acceptors (Lipinski definition) is 2. The van der Waals surface area contributed by atoms with E-state index in [0.29, 0.717) is 5.41 Å². The molecule has 2 fully saturated rings. The third-order valence-corrected chi connectivity index (χ3v) is 3.78. The number of nitrogens with zero attached hydrogens (tertiary/aromatic N) is 1. The first-order valence-corrected chi connectivity index (χ1v) is 5.53. The Kier molecular flexibility index (Phi) is 2.37. The first kappa shape index (κ1) is 9.47. The molecule has 1 heterocycles. The maximum Gasteiger partial charge on any atom is 0.0218 e. The molecule has 13 heavy (non-hydrogen) atoms. The highest BCUT2D eigenvalue weighted by molar-refractivity contribution is 5.02. The Hall–Kier alpha value is -0.0800. The minimum absolute atomic E-state index is 0.581. The van der Waals surface area contributed by atoms with Crippen molar-refractivity contribution >= 4 is 0 Å². The van der Waals surface area contributed by atoms with Crippen molar-refractivity contribution in [3.05, 3.63) is 0 Å².